The van der Waals surface area contributed by atoms with Gasteiger partial charge in [0, 0.05) is 0 Å². The zero-order valence-corrected chi connectivity index (χ0v) is 13.1. The first-order valence-electron chi connectivity index (χ1n) is 7.22. The van der Waals surface area contributed by atoms with Crippen LogP contribution in [0.15, 0.2) is 42.3 Å². The van der Waals surface area contributed by atoms with Crippen molar-refractivity contribution in [2.24, 2.45) is 11.8 Å². The summed E-state index contributed by atoms with van der Waals surface area (Å²) >= 11 is 0. The minimum Gasteiger partial charge on any atom is -0.505 e. The van der Waals surface area contributed by atoms with E-state index >= 15 is 0 Å². The first-order chi connectivity index (χ1) is 10.5. The van der Waals surface area contributed by atoms with Gasteiger partial charge in [-0.3, -0.25) is 0 Å². The van der Waals surface area contributed by atoms with Crippen LogP contribution in [0.3, 0.4) is 0 Å². The number of aliphatic hydroxyl groups is 1. The Kier molecular flexibility index (Phi) is 6.90. The number of diazo groups is 1. The molecule has 2 atom stereocenters. The highest BCUT2D eigenvalue weighted by Crippen LogP contribution is 2.33. The maximum absolute atomic E-state index is 11.8. The van der Waals surface area contributed by atoms with Crippen molar-refractivity contribution in [3.05, 3.63) is 52.8 Å². The Balaban J connectivity index is 3.19. The van der Waals surface area contributed by atoms with E-state index in [-0.39, 0.29) is 18.3 Å². The molecule has 1 aromatic rings. The lowest BCUT2D eigenvalue weighted by molar-refractivity contribution is 0.138. The van der Waals surface area contributed by atoms with E-state index in [2.05, 4.69) is 10.3 Å². The van der Waals surface area contributed by atoms with Gasteiger partial charge in [-0.2, -0.15) is 0 Å². The van der Waals surface area contributed by atoms with Gasteiger partial charge in [-0.15, -0.1) is 0 Å². The normalized spacial score (nSPS) is 14.0. The summed E-state index contributed by atoms with van der Waals surface area (Å²) in [5.74, 6) is -0.573. The van der Waals surface area contributed by atoms with Gasteiger partial charge < -0.3 is 15.2 Å². The molecule has 2 N–H and O–H groups in total. The van der Waals surface area contributed by atoms with E-state index in [4.69, 9.17) is 10.1 Å². The standard InChI is InChI=1S/C16H21N3O3/c1-4-22-16(21)19-15(12-8-6-5-7-9-12)14(11(2)3)13(20)10-18-17/h5-11,14-15H,4H2,1-3H3,(H-,19,20,21)/p+1/b13-10-/t14-,15-/m0/s1. The highest BCUT2D eigenvalue weighted by Gasteiger charge is 2.33. The molecule has 0 unspecified atom stereocenters. The van der Waals surface area contributed by atoms with Crippen molar-refractivity contribution in [2.75, 3.05) is 6.61 Å². The maximum Gasteiger partial charge on any atom is 0.407 e. The van der Waals surface area contributed by atoms with Gasteiger partial charge in [-0.1, -0.05) is 44.2 Å². The molecule has 0 saturated heterocycles. The van der Waals surface area contributed by atoms with Crippen LogP contribution in [0.4, 0.5) is 4.79 Å². The van der Waals surface area contributed by atoms with Crippen LogP contribution in [0, 0.1) is 17.2 Å². The zero-order chi connectivity index (χ0) is 16.5. The van der Waals surface area contributed by atoms with E-state index in [0.717, 1.165) is 11.8 Å². The largest absolute Gasteiger partial charge is 0.505 e. The van der Waals surface area contributed by atoms with Gasteiger partial charge in [-0.25, -0.2) is 4.79 Å². The minimum absolute atomic E-state index is 0.00914. The second kappa shape index (κ2) is 8.67. The molecule has 0 aliphatic carbocycles. The van der Waals surface area contributed by atoms with Gasteiger partial charge in [0.25, 0.3) is 0 Å². The number of amides is 1. The summed E-state index contributed by atoms with van der Waals surface area (Å²) < 4.78 is 4.94. The number of carbonyl (C=O) groups excluding carboxylic acids is 1. The zero-order valence-electron chi connectivity index (χ0n) is 13.1. The number of hydrogen-bond acceptors (Lipinski definition) is 4. The summed E-state index contributed by atoms with van der Waals surface area (Å²) in [5.41, 5.74) is 0.826. The van der Waals surface area contributed by atoms with Crippen molar-refractivity contribution in [2.45, 2.75) is 26.8 Å². The van der Waals surface area contributed by atoms with Crippen LogP contribution < -0.4 is 5.32 Å². The summed E-state index contributed by atoms with van der Waals surface area (Å²) in [4.78, 5) is 14.7. The monoisotopic (exact) mass is 304 g/mol. The number of ether oxygens (including phenoxy) is 1. The topological polar surface area (TPSA) is 86.7 Å². The van der Waals surface area contributed by atoms with E-state index in [1.54, 1.807) is 6.92 Å². The molecule has 1 amide bonds. The molecule has 0 aliphatic rings. The Morgan fingerprint density at radius 2 is 2.05 bits per heavy atom. The predicted octanol–water partition coefficient (Wildman–Crippen LogP) is 4.00. The van der Waals surface area contributed by atoms with Crippen LogP contribution in [0.25, 0.3) is 4.98 Å². The van der Waals surface area contributed by atoms with Crippen LogP contribution >= 0.6 is 0 Å². The number of hydrogen-bond donors (Lipinski definition) is 2. The number of aliphatic hydroxyl groups excluding tert-OH is 1. The summed E-state index contributed by atoms with van der Waals surface area (Å²) in [6.45, 7) is 5.80. The molecule has 6 heteroatoms. The molecule has 0 bridgehead atoms. The molecule has 0 aliphatic heterocycles. The molecule has 0 fully saturated rings. The van der Waals surface area contributed by atoms with Crippen molar-refractivity contribution in [1.82, 2.24) is 5.32 Å². The molecule has 0 aromatic heterocycles. The lowest BCUT2D eigenvalue weighted by Gasteiger charge is -2.29. The first kappa shape index (κ1) is 17.5. The fourth-order valence-electron chi connectivity index (χ4n) is 2.38. The summed E-state index contributed by atoms with van der Waals surface area (Å²) in [6, 6.07) is 8.78. The van der Waals surface area contributed by atoms with E-state index < -0.39 is 18.1 Å². The van der Waals surface area contributed by atoms with E-state index in [9.17, 15) is 9.90 Å². The van der Waals surface area contributed by atoms with Gasteiger partial charge in [0.05, 0.1) is 18.6 Å². The molecule has 1 rings (SSSR count). The maximum atomic E-state index is 11.8. The van der Waals surface area contributed by atoms with E-state index in [1.165, 1.54) is 0 Å². The third kappa shape index (κ3) is 4.77. The predicted molar refractivity (Wildman–Crippen MR) is 83.5 cm³/mol. The number of nitrogens with one attached hydrogen (secondary N) is 1. The van der Waals surface area contributed by atoms with Gasteiger partial charge in [0.15, 0.2) is 10.7 Å². The molecule has 0 saturated carbocycles. The van der Waals surface area contributed by atoms with Crippen molar-refractivity contribution in [3.63, 3.8) is 0 Å². The molecule has 118 valence electrons. The van der Waals surface area contributed by atoms with Crippen molar-refractivity contribution in [1.29, 1.82) is 5.39 Å². The summed E-state index contributed by atoms with van der Waals surface area (Å²) in [5, 5.41) is 21.6. The summed E-state index contributed by atoms with van der Waals surface area (Å²) in [7, 11) is 0. The van der Waals surface area contributed by atoms with Gasteiger partial charge in [-0.05, 0) is 18.4 Å². The highest BCUT2D eigenvalue weighted by molar-refractivity contribution is 5.68. The van der Waals surface area contributed by atoms with Crippen molar-refractivity contribution >= 4 is 6.09 Å². The fourth-order valence-corrected chi connectivity index (χ4v) is 2.38. The van der Waals surface area contributed by atoms with Crippen LogP contribution in [0.5, 0.6) is 0 Å². The second-order valence-corrected chi connectivity index (χ2v) is 5.19. The molecule has 0 radical (unpaired) electrons. The Labute approximate surface area is 130 Å². The molecule has 1 aromatic carbocycles. The minimum atomic E-state index is -0.559. The van der Waals surface area contributed by atoms with Crippen LogP contribution in [0.2, 0.25) is 0 Å². The van der Waals surface area contributed by atoms with Gasteiger partial charge in [0.2, 0.25) is 5.39 Å². The van der Waals surface area contributed by atoms with Crippen LogP contribution in [0.1, 0.15) is 32.4 Å². The third-order valence-electron chi connectivity index (χ3n) is 3.32. The Morgan fingerprint density at radius 1 is 1.41 bits per heavy atom. The molecule has 0 heterocycles. The molecule has 0 spiro atoms. The van der Waals surface area contributed by atoms with Gasteiger partial charge >= 0.3 is 12.3 Å². The third-order valence-corrected chi connectivity index (χ3v) is 3.32. The number of carbonyl (C=O) groups is 1. The van der Waals surface area contributed by atoms with Crippen LogP contribution in [-0.4, -0.2) is 17.8 Å². The molecule has 22 heavy (non-hydrogen) atoms. The molecular formula is C16H22N3O3+. The van der Waals surface area contributed by atoms with Crippen LogP contribution in [-0.2, 0) is 4.74 Å². The second-order valence-electron chi connectivity index (χ2n) is 5.19. The number of nitrogens with zero attached hydrogens (tertiary/aromatic N) is 2. The Bertz CT molecular complexity index is 550. The SMILES string of the molecule is CCOC(=O)N[C@@H](c1ccccc1)[C@H](/C(O)=C/[N+]#N)C(C)C. The number of rotatable bonds is 6. The Morgan fingerprint density at radius 3 is 2.55 bits per heavy atom. The van der Waals surface area contributed by atoms with E-state index in [0.29, 0.717) is 0 Å². The average Bonchev–Trinajstić information content (AvgIpc) is 2.47. The van der Waals surface area contributed by atoms with Crippen molar-refractivity contribution in [3.8, 4) is 0 Å². The van der Waals surface area contributed by atoms with Gasteiger partial charge in [0.1, 0.15) is 0 Å². The lowest BCUT2D eigenvalue weighted by atomic mass is 9.83. The average molecular weight is 304 g/mol. The molecular weight excluding hydrogens is 282 g/mol. The first-order valence-corrected chi connectivity index (χ1v) is 7.22. The quantitative estimate of drug-likeness (QED) is 0.614. The number of alkyl carbamates (subject to hydrolysis) is 1. The fraction of sp³-hybridized carbons (Fsp3) is 0.438. The van der Waals surface area contributed by atoms with E-state index in [1.807, 2.05) is 44.2 Å². The lowest BCUT2D eigenvalue weighted by Crippen LogP contribution is -2.36. The smallest absolute Gasteiger partial charge is 0.407 e. The summed E-state index contributed by atoms with van der Waals surface area (Å²) in [6.07, 6.45) is 0.420. The highest BCUT2D eigenvalue weighted by atomic mass is 16.5. The Hall–Kier alpha value is -2.55. The number of benzene rings is 1. The van der Waals surface area contributed by atoms with Crippen molar-refractivity contribution < 1.29 is 14.6 Å². The molecule has 6 nitrogen and oxygen atoms in total.